The summed E-state index contributed by atoms with van der Waals surface area (Å²) in [7, 11) is 1.57. The van der Waals surface area contributed by atoms with Gasteiger partial charge in [0.15, 0.2) is 0 Å². The van der Waals surface area contributed by atoms with Gasteiger partial charge in [-0.05, 0) is 24.0 Å². The molecule has 0 fully saturated rings. The van der Waals surface area contributed by atoms with Crippen LogP contribution in [0.3, 0.4) is 0 Å². The number of hydrogen-bond donors (Lipinski definition) is 1. The highest BCUT2D eigenvalue weighted by molar-refractivity contribution is 7.98. The van der Waals surface area contributed by atoms with Gasteiger partial charge in [0, 0.05) is 18.5 Å². The van der Waals surface area contributed by atoms with Crippen LogP contribution in [0.15, 0.2) is 29.2 Å². The first kappa shape index (κ1) is 16.8. The minimum Gasteiger partial charge on any atom is -0.340 e. The number of likely N-dealkylation sites (N-methyl/N-ethyl adjacent to an activating group) is 1. The first-order chi connectivity index (χ1) is 9.31. The fourth-order valence-electron chi connectivity index (χ4n) is 1.54. The predicted octanol–water partition coefficient (Wildman–Crippen LogP) is 2.52. The van der Waals surface area contributed by atoms with Gasteiger partial charge in [-0.15, -0.1) is 11.8 Å². The lowest BCUT2D eigenvalue weighted by Gasteiger charge is -2.18. The van der Waals surface area contributed by atoms with Crippen LogP contribution in [0.5, 0.6) is 0 Å². The van der Waals surface area contributed by atoms with E-state index in [4.69, 9.17) is 0 Å². The molecule has 1 rings (SSSR count). The molecule has 0 atom stereocenters. The summed E-state index contributed by atoms with van der Waals surface area (Å²) < 4.78 is 35.8. The second kappa shape index (κ2) is 7.54. The minimum atomic E-state index is -4.30. The summed E-state index contributed by atoms with van der Waals surface area (Å²) in [5.74, 6) is -0.372. The predicted molar refractivity (Wildman–Crippen MR) is 73.6 cm³/mol. The second-order valence-corrected chi connectivity index (χ2v) is 5.20. The van der Waals surface area contributed by atoms with Gasteiger partial charge in [0.25, 0.3) is 0 Å². The summed E-state index contributed by atoms with van der Waals surface area (Å²) >= 11 is 1.62. The van der Waals surface area contributed by atoms with Crippen molar-refractivity contribution < 1.29 is 18.0 Å². The van der Waals surface area contributed by atoms with E-state index in [0.717, 1.165) is 10.5 Å². The highest BCUT2D eigenvalue weighted by Gasteiger charge is 2.26. The van der Waals surface area contributed by atoms with Crippen molar-refractivity contribution in [2.24, 2.45) is 0 Å². The van der Waals surface area contributed by atoms with E-state index in [1.165, 1.54) is 4.90 Å². The number of benzene rings is 1. The molecule has 0 heterocycles. The SMILES string of the molecule is CSc1ccc(CN(C)C(=O)CNCC(F)(F)F)cc1. The molecular weight excluding hydrogens is 289 g/mol. The largest absolute Gasteiger partial charge is 0.401 e. The quantitative estimate of drug-likeness (QED) is 0.820. The molecule has 0 aliphatic carbocycles. The van der Waals surface area contributed by atoms with Crippen molar-refractivity contribution in [3.8, 4) is 0 Å². The van der Waals surface area contributed by atoms with Gasteiger partial charge in [-0.3, -0.25) is 4.79 Å². The Bertz CT molecular complexity index is 434. The second-order valence-electron chi connectivity index (χ2n) is 4.32. The van der Waals surface area contributed by atoms with E-state index in [-0.39, 0.29) is 12.5 Å². The third kappa shape index (κ3) is 6.29. The molecule has 1 aromatic carbocycles. The number of nitrogens with zero attached hydrogens (tertiary/aromatic N) is 1. The van der Waals surface area contributed by atoms with Gasteiger partial charge < -0.3 is 10.2 Å². The lowest BCUT2D eigenvalue weighted by molar-refractivity contribution is -0.133. The molecule has 20 heavy (non-hydrogen) atoms. The van der Waals surface area contributed by atoms with Gasteiger partial charge >= 0.3 is 6.18 Å². The number of carbonyl (C=O) groups is 1. The van der Waals surface area contributed by atoms with Crippen molar-refractivity contribution in [2.45, 2.75) is 17.6 Å². The highest BCUT2D eigenvalue weighted by Crippen LogP contribution is 2.15. The molecule has 7 heteroatoms. The lowest BCUT2D eigenvalue weighted by Crippen LogP contribution is -2.38. The lowest BCUT2D eigenvalue weighted by atomic mass is 10.2. The van der Waals surface area contributed by atoms with Crippen LogP contribution < -0.4 is 5.32 Å². The molecule has 0 saturated heterocycles. The minimum absolute atomic E-state index is 0.321. The zero-order valence-corrected chi connectivity index (χ0v) is 12.1. The first-order valence-corrected chi connectivity index (χ1v) is 7.18. The van der Waals surface area contributed by atoms with Gasteiger partial charge in [0.05, 0.1) is 13.1 Å². The van der Waals surface area contributed by atoms with Crippen molar-refractivity contribution in [1.29, 1.82) is 0 Å². The van der Waals surface area contributed by atoms with Gasteiger partial charge in [-0.25, -0.2) is 0 Å². The number of alkyl halides is 3. The van der Waals surface area contributed by atoms with Gasteiger partial charge in [0.2, 0.25) is 5.91 Å². The highest BCUT2D eigenvalue weighted by atomic mass is 32.2. The van der Waals surface area contributed by atoms with E-state index in [0.29, 0.717) is 6.54 Å². The van der Waals surface area contributed by atoms with E-state index in [1.54, 1.807) is 18.8 Å². The maximum atomic E-state index is 11.9. The summed E-state index contributed by atoms with van der Waals surface area (Å²) in [6, 6.07) is 7.69. The normalized spacial score (nSPS) is 11.4. The summed E-state index contributed by atoms with van der Waals surface area (Å²) in [4.78, 5) is 14.2. The Kier molecular flexibility index (Phi) is 6.35. The molecule has 0 saturated carbocycles. The molecule has 0 radical (unpaired) electrons. The zero-order chi connectivity index (χ0) is 15.2. The summed E-state index contributed by atoms with van der Waals surface area (Å²) in [5.41, 5.74) is 0.939. The van der Waals surface area contributed by atoms with Crippen molar-refractivity contribution >= 4 is 17.7 Å². The van der Waals surface area contributed by atoms with Crippen molar-refractivity contribution in [3.63, 3.8) is 0 Å². The Morgan fingerprint density at radius 2 is 1.90 bits per heavy atom. The Labute approximate surface area is 120 Å². The maximum absolute atomic E-state index is 11.9. The third-order valence-corrected chi connectivity index (χ3v) is 3.35. The third-order valence-electron chi connectivity index (χ3n) is 2.61. The van der Waals surface area contributed by atoms with Gasteiger partial charge in [0.1, 0.15) is 0 Å². The molecule has 0 aromatic heterocycles. The molecular formula is C13H17F3N2OS. The number of rotatable bonds is 6. The number of amides is 1. The first-order valence-electron chi connectivity index (χ1n) is 5.96. The van der Waals surface area contributed by atoms with Crippen molar-refractivity contribution in [2.75, 3.05) is 26.4 Å². The summed E-state index contributed by atoms with van der Waals surface area (Å²) in [6.07, 6.45) is -2.33. The number of nitrogens with one attached hydrogen (secondary N) is 1. The molecule has 0 aliphatic heterocycles. The van der Waals surface area contributed by atoms with Crippen LogP contribution in [0, 0.1) is 0 Å². The fourth-order valence-corrected chi connectivity index (χ4v) is 1.95. The monoisotopic (exact) mass is 306 g/mol. The van der Waals surface area contributed by atoms with Crippen LogP contribution in [0.4, 0.5) is 13.2 Å². The Balaban J connectivity index is 2.40. The number of carbonyl (C=O) groups excluding carboxylic acids is 1. The molecule has 112 valence electrons. The molecule has 0 bridgehead atoms. The van der Waals surface area contributed by atoms with E-state index >= 15 is 0 Å². The Morgan fingerprint density at radius 3 is 2.40 bits per heavy atom. The summed E-state index contributed by atoms with van der Waals surface area (Å²) in [5, 5.41) is 2.09. The number of hydrogen-bond acceptors (Lipinski definition) is 3. The number of halogens is 3. The molecule has 1 aromatic rings. The summed E-state index contributed by atoms with van der Waals surface area (Å²) in [6.45, 7) is -1.10. The standard InChI is InChI=1S/C13H17F3N2OS/c1-18(12(19)7-17-9-13(14,15)16)8-10-3-5-11(20-2)6-4-10/h3-6,17H,7-9H2,1-2H3. The van der Waals surface area contributed by atoms with E-state index in [9.17, 15) is 18.0 Å². The van der Waals surface area contributed by atoms with E-state index in [2.05, 4.69) is 5.32 Å². The smallest absolute Gasteiger partial charge is 0.340 e. The van der Waals surface area contributed by atoms with Crippen LogP contribution in [-0.4, -0.2) is 43.4 Å². The number of thioether (sulfide) groups is 1. The molecule has 1 N–H and O–H groups in total. The van der Waals surface area contributed by atoms with Gasteiger partial charge in [-0.2, -0.15) is 13.2 Å². The molecule has 0 unspecified atom stereocenters. The van der Waals surface area contributed by atoms with Crippen LogP contribution >= 0.6 is 11.8 Å². The molecule has 0 aliphatic rings. The topological polar surface area (TPSA) is 32.3 Å². The average molecular weight is 306 g/mol. The zero-order valence-electron chi connectivity index (χ0n) is 11.3. The van der Waals surface area contributed by atoms with Crippen molar-refractivity contribution in [3.05, 3.63) is 29.8 Å². The van der Waals surface area contributed by atoms with Crippen LogP contribution in [0.25, 0.3) is 0 Å². The molecule has 0 spiro atoms. The van der Waals surface area contributed by atoms with Crippen LogP contribution in [0.1, 0.15) is 5.56 Å². The molecule has 1 amide bonds. The van der Waals surface area contributed by atoms with Crippen LogP contribution in [-0.2, 0) is 11.3 Å². The van der Waals surface area contributed by atoms with E-state index < -0.39 is 12.7 Å². The van der Waals surface area contributed by atoms with Crippen molar-refractivity contribution in [1.82, 2.24) is 10.2 Å². The van der Waals surface area contributed by atoms with Gasteiger partial charge in [-0.1, -0.05) is 12.1 Å². The van der Waals surface area contributed by atoms with E-state index in [1.807, 2.05) is 30.5 Å². The average Bonchev–Trinajstić information content (AvgIpc) is 2.38. The fraction of sp³-hybridized carbons (Fsp3) is 0.462. The van der Waals surface area contributed by atoms with Crippen LogP contribution in [0.2, 0.25) is 0 Å². The molecule has 3 nitrogen and oxygen atoms in total. The Morgan fingerprint density at radius 1 is 1.30 bits per heavy atom. The Hall–Kier alpha value is -1.21. The maximum Gasteiger partial charge on any atom is 0.401 e.